The van der Waals surface area contributed by atoms with Gasteiger partial charge in [0, 0.05) is 0 Å². The first-order valence-electron chi connectivity index (χ1n) is 4.30. The molecule has 0 bridgehead atoms. The van der Waals surface area contributed by atoms with Crippen molar-refractivity contribution in [3.8, 4) is 5.75 Å². The van der Waals surface area contributed by atoms with Crippen LogP contribution in [0.25, 0.3) is 0 Å². The van der Waals surface area contributed by atoms with Crippen molar-refractivity contribution >= 4 is 5.97 Å². The Hall–Kier alpha value is -1.59. The number of carbonyl (C=O) groups excluding carboxylic acids is 1. The second-order valence-electron chi connectivity index (χ2n) is 2.82. The van der Waals surface area contributed by atoms with Crippen molar-refractivity contribution in [2.24, 2.45) is 5.90 Å². The van der Waals surface area contributed by atoms with Gasteiger partial charge in [0.05, 0.1) is 14.2 Å². The van der Waals surface area contributed by atoms with Crippen LogP contribution < -0.4 is 10.6 Å². The summed E-state index contributed by atoms with van der Waals surface area (Å²) in [5, 5.41) is 0. The maximum absolute atomic E-state index is 11.3. The van der Waals surface area contributed by atoms with Crippen LogP contribution in [0.1, 0.15) is 11.7 Å². The van der Waals surface area contributed by atoms with E-state index in [9.17, 15) is 4.79 Å². The van der Waals surface area contributed by atoms with Crippen LogP contribution in [0.15, 0.2) is 24.3 Å². The van der Waals surface area contributed by atoms with E-state index >= 15 is 0 Å². The van der Waals surface area contributed by atoms with E-state index in [1.165, 1.54) is 14.2 Å². The monoisotopic (exact) mass is 211 g/mol. The summed E-state index contributed by atoms with van der Waals surface area (Å²) in [5.74, 6) is 5.10. The lowest BCUT2D eigenvalue weighted by atomic mass is 10.1. The number of esters is 1. The number of rotatable bonds is 4. The predicted molar refractivity (Wildman–Crippen MR) is 53.0 cm³/mol. The molecule has 0 aliphatic rings. The normalized spacial score (nSPS) is 11.9. The fourth-order valence-electron chi connectivity index (χ4n) is 1.18. The zero-order chi connectivity index (χ0) is 11.3. The second-order valence-corrected chi connectivity index (χ2v) is 2.82. The summed E-state index contributed by atoms with van der Waals surface area (Å²) in [5.41, 5.74) is 0.587. The van der Waals surface area contributed by atoms with Gasteiger partial charge in [-0.05, 0) is 17.7 Å². The molecule has 1 aromatic carbocycles. The van der Waals surface area contributed by atoms with Crippen molar-refractivity contribution < 1.29 is 19.1 Å². The number of benzene rings is 1. The molecule has 0 aromatic heterocycles. The molecule has 15 heavy (non-hydrogen) atoms. The summed E-state index contributed by atoms with van der Waals surface area (Å²) in [6.07, 6.45) is -0.926. The first kappa shape index (κ1) is 11.5. The second kappa shape index (κ2) is 5.33. The van der Waals surface area contributed by atoms with E-state index in [0.717, 1.165) is 0 Å². The molecule has 82 valence electrons. The number of methoxy groups -OCH3 is 2. The highest BCUT2D eigenvalue weighted by molar-refractivity contribution is 5.76. The van der Waals surface area contributed by atoms with Crippen LogP contribution in [0.5, 0.6) is 5.75 Å². The molecule has 0 amide bonds. The van der Waals surface area contributed by atoms with Crippen LogP contribution in [0.3, 0.4) is 0 Å². The predicted octanol–water partition coefficient (Wildman–Crippen LogP) is 0.800. The molecule has 0 spiro atoms. The first-order chi connectivity index (χ1) is 7.22. The van der Waals surface area contributed by atoms with E-state index in [-0.39, 0.29) is 0 Å². The molecular weight excluding hydrogens is 198 g/mol. The maximum atomic E-state index is 11.3. The minimum Gasteiger partial charge on any atom is -0.497 e. The summed E-state index contributed by atoms with van der Waals surface area (Å²) in [6.45, 7) is 0. The van der Waals surface area contributed by atoms with Gasteiger partial charge >= 0.3 is 5.97 Å². The first-order valence-corrected chi connectivity index (χ1v) is 4.30. The van der Waals surface area contributed by atoms with Gasteiger partial charge in [0.1, 0.15) is 5.75 Å². The third-order valence-corrected chi connectivity index (χ3v) is 1.95. The van der Waals surface area contributed by atoms with Gasteiger partial charge in [0.15, 0.2) is 0 Å². The van der Waals surface area contributed by atoms with Crippen LogP contribution in [0.2, 0.25) is 0 Å². The van der Waals surface area contributed by atoms with E-state index in [1.54, 1.807) is 24.3 Å². The van der Waals surface area contributed by atoms with Gasteiger partial charge in [0.2, 0.25) is 6.10 Å². The van der Waals surface area contributed by atoms with Gasteiger partial charge in [-0.2, -0.15) is 0 Å². The van der Waals surface area contributed by atoms with Gasteiger partial charge in [-0.3, -0.25) is 4.84 Å². The highest BCUT2D eigenvalue weighted by Crippen LogP contribution is 2.21. The molecule has 0 aliphatic heterocycles. The quantitative estimate of drug-likeness (QED) is 0.589. The zero-order valence-electron chi connectivity index (χ0n) is 8.60. The number of nitrogens with two attached hydrogens (primary N) is 1. The van der Waals surface area contributed by atoms with Gasteiger partial charge in [0.25, 0.3) is 0 Å². The Morgan fingerprint density at radius 3 is 2.67 bits per heavy atom. The molecule has 2 N–H and O–H groups in total. The van der Waals surface area contributed by atoms with E-state index < -0.39 is 12.1 Å². The molecule has 1 unspecified atom stereocenters. The Labute approximate surface area is 87.7 Å². The van der Waals surface area contributed by atoms with Crippen molar-refractivity contribution in [3.05, 3.63) is 29.8 Å². The molecule has 1 aromatic rings. The van der Waals surface area contributed by atoms with Crippen LogP contribution in [-0.4, -0.2) is 20.2 Å². The van der Waals surface area contributed by atoms with Gasteiger partial charge in [-0.1, -0.05) is 12.1 Å². The average Bonchev–Trinajstić information content (AvgIpc) is 2.30. The number of hydrogen-bond acceptors (Lipinski definition) is 5. The van der Waals surface area contributed by atoms with Crippen LogP contribution in [-0.2, 0) is 14.4 Å². The smallest absolute Gasteiger partial charge is 0.341 e. The van der Waals surface area contributed by atoms with Crippen LogP contribution in [0, 0.1) is 0 Å². The maximum Gasteiger partial charge on any atom is 0.341 e. The molecule has 0 heterocycles. The summed E-state index contributed by atoms with van der Waals surface area (Å²) in [6, 6.07) is 6.86. The van der Waals surface area contributed by atoms with Crippen LogP contribution in [0.4, 0.5) is 0 Å². The summed E-state index contributed by atoms with van der Waals surface area (Å²) < 4.78 is 9.56. The summed E-state index contributed by atoms with van der Waals surface area (Å²) in [7, 11) is 2.81. The third-order valence-electron chi connectivity index (χ3n) is 1.95. The molecular formula is C10H13NO4. The van der Waals surface area contributed by atoms with Gasteiger partial charge in [-0.15, -0.1) is 0 Å². The number of hydrogen-bond donors (Lipinski definition) is 1. The molecule has 1 rings (SSSR count). The molecule has 5 nitrogen and oxygen atoms in total. The largest absolute Gasteiger partial charge is 0.497 e. The lowest BCUT2D eigenvalue weighted by Crippen LogP contribution is -2.20. The standard InChI is InChI=1S/C10H13NO4/c1-13-8-5-3-4-7(6-8)9(15-11)10(12)14-2/h3-6,9H,11H2,1-2H3. The molecule has 0 radical (unpaired) electrons. The molecule has 0 fully saturated rings. The topological polar surface area (TPSA) is 70.8 Å². The van der Waals surface area contributed by atoms with Crippen molar-refractivity contribution in [2.45, 2.75) is 6.10 Å². The van der Waals surface area contributed by atoms with E-state index in [4.69, 9.17) is 10.6 Å². The minimum absolute atomic E-state index is 0.550. The lowest BCUT2D eigenvalue weighted by Gasteiger charge is -2.12. The molecule has 0 saturated heterocycles. The zero-order valence-corrected chi connectivity index (χ0v) is 8.60. The van der Waals surface area contributed by atoms with E-state index in [2.05, 4.69) is 9.57 Å². The Kier molecular flexibility index (Phi) is 4.08. The highest BCUT2D eigenvalue weighted by atomic mass is 16.6. The number of carbonyl (C=O) groups is 1. The van der Waals surface area contributed by atoms with Crippen molar-refractivity contribution in [1.29, 1.82) is 0 Å². The Balaban J connectivity index is 2.96. The SMILES string of the molecule is COC(=O)C(ON)c1cccc(OC)c1. The van der Waals surface area contributed by atoms with E-state index in [1.807, 2.05) is 0 Å². The summed E-state index contributed by atoms with van der Waals surface area (Å²) in [4.78, 5) is 15.8. The highest BCUT2D eigenvalue weighted by Gasteiger charge is 2.21. The summed E-state index contributed by atoms with van der Waals surface area (Å²) >= 11 is 0. The number of ether oxygens (including phenoxy) is 2. The van der Waals surface area contributed by atoms with Gasteiger partial charge < -0.3 is 9.47 Å². The molecule has 0 saturated carbocycles. The average molecular weight is 211 g/mol. The lowest BCUT2D eigenvalue weighted by molar-refractivity contribution is -0.155. The van der Waals surface area contributed by atoms with Crippen LogP contribution >= 0.6 is 0 Å². The third kappa shape index (κ3) is 2.68. The molecule has 1 atom stereocenters. The fourth-order valence-corrected chi connectivity index (χ4v) is 1.18. The fraction of sp³-hybridized carbons (Fsp3) is 0.300. The minimum atomic E-state index is -0.926. The Morgan fingerprint density at radius 2 is 2.13 bits per heavy atom. The van der Waals surface area contributed by atoms with Crippen molar-refractivity contribution in [1.82, 2.24) is 0 Å². The van der Waals surface area contributed by atoms with Crippen molar-refractivity contribution in [2.75, 3.05) is 14.2 Å². The Bertz CT molecular complexity index is 340. The molecule has 5 heteroatoms. The van der Waals surface area contributed by atoms with E-state index in [0.29, 0.717) is 11.3 Å². The van der Waals surface area contributed by atoms with Gasteiger partial charge in [-0.25, -0.2) is 10.7 Å². The Morgan fingerprint density at radius 1 is 1.40 bits per heavy atom. The molecule has 0 aliphatic carbocycles. The van der Waals surface area contributed by atoms with Crippen molar-refractivity contribution in [3.63, 3.8) is 0 Å².